The molecule has 1 amide bonds. The first kappa shape index (κ1) is 18.7. The molecule has 2 heterocycles. The number of carbonyl (C=O) groups excluding carboxylic acids is 1. The standard InChI is InChI=1S/C18H23F2N3O3/c1-21(11-16(24)25)12-5-8-22(9-6-12)15-7-10-23(18(15)26)17-13(19)3-2-4-14(17)20/h2-4,12,15H,5-11H2,1H3,(H,24,25). The molecule has 0 aromatic heterocycles. The van der Waals surface area contributed by atoms with Crippen molar-refractivity contribution in [2.45, 2.75) is 31.3 Å². The molecule has 6 nitrogen and oxygen atoms in total. The van der Waals surface area contributed by atoms with E-state index in [0.717, 1.165) is 25.0 Å². The van der Waals surface area contributed by atoms with Gasteiger partial charge in [-0.05, 0) is 38.4 Å². The van der Waals surface area contributed by atoms with Crippen molar-refractivity contribution in [3.63, 3.8) is 0 Å². The zero-order chi connectivity index (χ0) is 18.8. The van der Waals surface area contributed by atoms with Gasteiger partial charge >= 0.3 is 5.97 Å². The molecule has 26 heavy (non-hydrogen) atoms. The lowest BCUT2D eigenvalue weighted by Crippen LogP contribution is -2.50. The minimum absolute atomic E-state index is 0.00658. The number of piperidine rings is 1. The number of aliphatic carboxylic acids is 1. The number of carboxylic acid groups (broad SMARTS) is 1. The molecule has 0 saturated carbocycles. The number of halogens is 2. The number of rotatable bonds is 5. The smallest absolute Gasteiger partial charge is 0.317 e. The largest absolute Gasteiger partial charge is 0.480 e. The number of anilines is 1. The molecule has 0 aliphatic carbocycles. The highest BCUT2D eigenvalue weighted by Crippen LogP contribution is 2.30. The molecule has 1 aromatic carbocycles. The molecule has 0 radical (unpaired) electrons. The number of carboxylic acids is 1. The summed E-state index contributed by atoms with van der Waals surface area (Å²) in [5.74, 6) is -2.59. The summed E-state index contributed by atoms with van der Waals surface area (Å²) in [6.07, 6.45) is 2.06. The molecule has 2 aliphatic heterocycles. The molecule has 3 rings (SSSR count). The van der Waals surface area contributed by atoms with Gasteiger partial charge in [0.1, 0.15) is 17.3 Å². The Morgan fingerprint density at radius 2 is 1.81 bits per heavy atom. The van der Waals surface area contributed by atoms with Crippen molar-refractivity contribution in [1.82, 2.24) is 9.80 Å². The second-order valence-corrected chi connectivity index (χ2v) is 6.94. The number of likely N-dealkylation sites (tertiary alicyclic amines) is 1. The van der Waals surface area contributed by atoms with E-state index in [-0.39, 0.29) is 30.2 Å². The molecule has 1 N–H and O–H groups in total. The maximum absolute atomic E-state index is 14.0. The summed E-state index contributed by atoms with van der Waals surface area (Å²) in [5, 5.41) is 8.89. The van der Waals surface area contributed by atoms with Gasteiger partial charge < -0.3 is 10.0 Å². The Balaban J connectivity index is 1.62. The molecule has 0 spiro atoms. The Hall–Kier alpha value is -2.06. The van der Waals surface area contributed by atoms with Crippen LogP contribution in [0, 0.1) is 11.6 Å². The van der Waals surface area contributed by atoms with Crippen LogP contribution in [0.1, 0.15) is 19.3 Å². The van der Waals surface area contributed by atoms with Crippen molar-refractivity contribution < 1.29 is 23.5 Å². The Labute approximate surface area is 151 Å². The van der Waals surface area contributed by atoms with Gasteiger partial charge in [-0.2, -0.15) is 0 Å². The molecule has 1 atom stereocenters. The first-order chi connectivity index (χ1) is 12.4. The summed E-state index contributed by atoms with van der Waals surface area (Å²) in [7, 11) is 1.79. The van der Waals surface area contributed by atoms with Gasteiger partial charge in [0, 0.05) is 25.7 Å². The Morgan fingerprint density at radius 1 is 1.19 bits per heavy atom. The van der Waals surface area contributed by atoms with Gasteiger partial charge in [0.05, 0.1) is 12.6 Å². The number of hydrogen-bond donors (Lipinski definition) is 1. The van der Waals surface area contributed by atoms with Crippen LogP contribution in [0.25, 0.3) is 0 Å². The lowest BCUT2D eigenvalue weighted by Gasteiger charge is -2.38. The van der Waals surface area contributed by atoms with Gasteiger partial charge in [-0.25, -0.2) is 8.78 Å². The summed E-state index contributed by atoms with van der Waals surface area (Å²) in [4.78, 5) is 28.6. The number of nitrogens with zero attached hydrogens (tertiary/aromatic N) is 3. The lowest BCUT2D eigenvalue weighted by atomic mass is 10.0. The van der Waals surface area contributed by atoms with Gasteiger partial charge in [0.2, 0.25) is 5.91 Å². The Bertz CT molecular complexity index is 672. The van der Waals surface area contributed by atoms with E-state index in [1.807, 2.05) is 9.80 Å². The van der Waals surface area contributed by atoms with E-state index in [1.165, 1.54) is 11.0 Å². The highest BCUT2D eigenvalue weighted by Gasteiger charge is 2.40. The Morgan fingerprint density at radius 3 is 2.38 bits per heavy atom. The van der Waals surface area contributed by atoms with Gasteiger partial charge in [-0.1, -0.05) is 6.07 Å². The van der Waals surface area contributed by atoms with Crippen molar-refractivity contribution >= 4 is 17.6 Å². The molecule has 2 fully saturated rings. The number of benzene rings is 1. The summed E-state index contributed by atoms with van der Waals surface area (Å²) in [5.41, 5.74) is -0.268. The maximum atomic E-state index is 14.0. The van der Waals surface area contributed by atoms with E-state index in [0.29, 0.717) is 26.1 Å². The van der Waals surface area contributed by atoms with Crippen LogP contribution in [0.15, 0.2) is 18.2 Å². The summed E-state index contributed by atoms with van der Waals surface area (Å²) in [6.45, 7) is 1.62. The predicted octanol–water partition coefficient (Wildman–Crippen LogP) is 1.55. The summed E-state index contributed by atoms with van der Waals surface area (Å²) in [6, 6.07) is 3.38. The molecule has 2 saturated heterocycles. The number of para-hydroxylation sites is 1. The van der Waals surface area contributed by atoms with Gasteiger partial charge in [0.15, 0.2) is 0 Å². The van der Waals surface area contributed by atoms with Gasteiger partial charge in [0.25, 0.3) is 0 Å². The van der Waals surface area contributed by atoms with E-state index < -0.39 is 17.6 Å². The SMILES string of the molecule is CN(CC(=O)O)C1CCN(C2CCN(c3c(F)cccc3F)C2=O)CC1. The van der Waals surface area contributed by atoms with Gasteiger partial charge in [-0.3, -0.25) is 19.4 Å². The van der Waals surface area contributed by atoms with E-state index in [1.54, 1.807) is 7.05 Å². The zero-order valence-corrected chi connectivity index (χ0v) is 14.7. The number of hydrogen-bond acceptors (Lipinski definition) is 4. The second-order valence-electron chi connectivity index (χ2n) is 6.94. The highest BCUT2D eigenvalue weighted by molar-refractivity contribution is 5.99. The van der Waals surface area contributed by atoms with Crippen LogP contribution in [-0.2, 0) is 9.59 Å². The molecule has 1 unspecified atom stereocenters. The average molecular weight is 367 g/mol. The van der Waals surface area contributed by atoms with Crippen LogP contribution in [0.5, 0.6) is 0 Å². The molecular formula is C18H23F2N3O3. The van der Waals surface area contributed by atoms with Crippen molar-refractivity contribution in [3.8, 4) is 0 Å². The van der Waals surface area contributed by atoms with Crippen molar-refractivity contribution in [3.05, 3.63) is 29.8 Å². The summed E-state index contributed by atoms with van der Waals surface area (Å²) >= 11 is 0. The third-order valence-corrected chi connectivity index (χ3v) is 5.33. The van der Waals surface area contributed by atoms with Crippen molar-refractivity contribution in [2.24, 2.45) is 0 Å². The van der Waals surface area contributed by atoms with E-state index in [4.69, 9.17) is 5.11 Å². The third kappa shape index (κ3) is 3.71. The second kappa shape index (κ2) is 7.67. The quantitative estimate of drug-likeness (QED) is 0.856. The van der Waals surface area contributed by atoms with Crippen LogP contribution in [-0.4, -0.2) is 72.1 Å². The van der Waals surface area contributed by atoms with Crippen LogP contribution >= 0.6 is 0 Å². The fourth-order valence-electron chi connectivity index (χ4n) is 3.95. The molecular weight excluding hydrogens is 344 g/mol. The average Bonchev–Trinajstić information content (AvgIpc) is 2.96. The molecule has 142 valence electrons. The Kier molecular flexibility index (Phi) is 5.52. The molecule has 1 aromatic rings. The van der Waals surface area contributed by atoms with E-state index >= 15 is 0 Å². The highest BCUT2D eigenvalue weighted by atomic mass is 19.1. The maximum Gasteiger partial charge on any atom is 0.317 e. The number of likely N-dealkylation sites (N-methyl/N-ethyl adjacent to an activating group) is 1. The zero-order valence-electron chi connectivity index (χ0n) is 14.7. The minimum Gasteiger partial charge on any atom is -0.480 e. The topological polar surface area (TPSA) is 64.1 Å². The van der Waals surface area contributed by atoms with E-state index in [9.17, 15) is 18.4 Å². The van der Waals surface area contributed by atoms with Crippen molar-refractivity contribution in [1.29, 1.82) is 0 Å². The van der Waals surface area contributed by atoms with Crippen LogP contribution in [0.4, 0.5) is 14.5 Å². The fraction of sp³-hybridized carbons (Fsp3) is 0.556. The number of amides is 1. The molecule has 8 heteroatoms. The fourth-order valence-corrected chi connectivity index (χ4v) is 3.95. The third-order valence-electron chi connectivity index (χ3n) is 5.33. The lowest BCUT2D eigenvalue weighted by molar-refractivity contribution is -0.138. The van der Waals surface area contributed by atoms with Crippen LogP contribution < -0.4 is 4.90 Å². The molecule has 2 aliphatic rings. The van der Waals surface area contributed by atoms with Crippen LogP contribution in [0.2, 0.25) is 0 Å². The van der Waals surface area contributed by atoms with Crippen molar-refractivity contribution in [2.75, 3.05) is 38.1 Å². The van der Waals surface area contributed by atoms with Gasteiger partial charge in [-0.15, -0.1) is 0 Å². The molecule has 0 bridgehead atoms. The first-order valence-corrected chi connectivity index (χ1v) is 8.80. The predicted molar refractivity (Wildman–Crippen MR) is 92.0 cm³/mol. The summed E-state index contributed by atoms with van der Waals surface area (Å²) < 4.78 is 28.0. The first-order valence-electron chi connectivity index (χ1n) is 8.80. The monoisotopic (exact) mass is 367 g/mol. The normalized spacial score (nSPS) is 22.4. The van der Waals surface area contributed by atoms with Crippen LogP contribution in [0.3, 0.4) is 0 Å². The minimum atomic E-state index is -0.858. The number of carbonyl (C=O) groups is 2. The van der Waals surface area contributed by atoms with E-state index in [2.05, 4.69) is 0 Å².